The molecule has 1 aromatic rings. The summed E-state index contributed by atoms with van der Waals surface area (Å²) in [4.78, 5) is 25.8. The molecule has 0 radical (unpaired) electrons. The van der Waals surface area contributed by atoms with Crippen molar-refractivity contribution in [2.45, 2.75) is 19.8 Å². The third-order valence-electron chi connectivity index (χ3n) is 2.42. The Labute approximate surface area is 99.1 Å². The summed E-state index contributed by atoms with van der Waals surface area (Å²) >= 11 is 0. The maximum atomic E-state index is 11.6. The number of H-pyrrole nitrogens is 1. The Hall–Kier alpha value is -1.98. The molecule has 0 saturated carbocycles. The van der Waals surface area contributed by atoms with Crippen LogP contribution in [0.25, 0.3) is 0 Å². The van der Waals surface area contributed by atoms with Crippen LogP contribution in [-0.4, -0.2) is 31.1 Å². The summed E-state index contributed by atoms with van der Waals surface area (Å²) in [5.41, 5.74) is 6.59. The lowest BCUT2D eigenvalue weighted by Crippen LogP contribution is -2.10. The Kier molecular flexibility index (Phi) is 3.77. The zero-order valence-corrected chi connectivity index (χ0v) is 10.3. The number of hydrogen-bond acceptors (Lipinski definition) is 5. The predicted octanol–water partition coefficient (Wildman–Crippen LogP) is 1.29. The highest BCUT2D eigenvalue weighted by Gasteiger charge is 2.27. The lowest BCUT2D eigenvalue weighted by Gasteiger charge is -2.08. The number of methoxy groups -OCH3 is 2. The first-order valence-electron chi connectivity index (χ1n) is 5.12. The lowest BCUT2D eigenvalue weighted by molar-refractivity contribution is 0.0593. The number of esters is 2. The Bertz CT molecular complexity index is 449. The van der Waals surface area contributed by atoms with Gasteiger partial charge in [-0.05, 0) is 5.92 Å². The van der Waals surface area contributed by atoms with Crippen LogP contribution in [0.2, 0.25) is 0 Å². The van der Waals surface area contributed by atoms with Crippen LogP contribution in [0.3, 0.4) is 0 Å². The fourth-order valence-corrected chi connectivity index (χ4v) is 1.70. The van der Waals surface area contributed by atoms with Crippen LogP contribution in [0, 0.1) is 0 Å². The number of ether oxygens (including phenoxy) is 2. The minimum absolute atomic E-state index is 0.0632. The van der Waals surface area contributed by atoms with Gasteiger partial charge < -0.3 is 20.2 Å². The summed E-state index contributed by atoms with van der Waals surface area (Å²) in [7, 11) is 2.53. The van der Waals surface area contributed by atoms with Gasteiger partial charge in [0.05, 0.1) is 14.2 Å². The van der Waals surface area contributed by atoms with Gasteiger partial charge in [-0.1, -0.05) is 13.8 Å². The molecule has 0 saturated heterocycles. The van der Waals surface area contributed by atoms with Gasteiger partial charge in [0.1, 0.15) is 17.1 Å². The third kappa shape index (κ3) is 2.25. The number of carbonyl (C=O) groups is 2. The van der Waals surface area contributed by atoms with Gasteiger partial charge in [0, 0.05) is 5.56 Å². The summed E-state index contributed by atoms with van der Waals surface area (Å²) in [5, 5.41) is 0. The number of hydrogen-bond donors (Lipinski definition) is 2. The van der Waals surface area contributed by atoms with Gasteiger partial charge in [-0.3, -0.25) is 0 Å². The molecule has 17 heavy (non-hydrogen) atoms. The smallest absolute Gasteiger partial charge is 0.354 e. The highest BCUT2D eigenvalue weighted by molar-refractivity contribution is 6.01. The number of rotatable bonds is 3. The molecule has 0 aliphatic heterocycles. The first kappa shape index (κ1) is 13.1. The van der Waals surface area contributed by atoms with Crippen LogP contribution in [0.4, 0.5) is 5.82 Å². The number of carbonyl (C=O) groups excluding carboxylic acids is 2. The van der Waals surface area contributed by atoms with Gasteiger partial charge in [-0.15, -0.1) is 0 Å². The minimum atomic E-state index is -0.572. The quantitative estimate of drug-likeness (QED) is 0.776. The monoisotopic (exact) mass is 240 g/mol. The van der Waals surface area contributed by atoms with Gasteiger partial charge >= 0.3 is 11.9 Å². The van der Waals surface area contributed by atoms with Gasteiger partial charge in [-0.25, -0.2) is 9.59 Å². The Morgan fingerprint density at radius 1 is 1.18 bits per heavy atom. The molecule has 0 amide bonds. The van der Waals surface area contributed by atoms with Crippen molar-refractivity contribution in [1.82, 2.24) is 4.98 Å². The maximum Gasteiger partial charge on any atom is 0.354 e. The number of nitrogens with one attached hydrogen (secondary N) is 1. The summed E-state index contributed by atoms with van der Waals surface area (Å²) in [5.74, 6) is -1.08. The Morgan fingerprint density at radius 2 is 1.71 bits per heavy atom. The third-order valence-corrected chi connectivity index (χ3v) is 2.42. The summed E-state index contributed by atoms with van der Waals surface area (Å²) in [6.07, 6.45) is 0. The van der Waals surface area contributed by atoms with E-state index in [4.69, 9.17) is 5.73 Å². The van der Waals surface area contributed by atoms with Crippen LogP contribution < -0.4 is 5.73 Å². The first-order valence-corrected chi connectivity index (χ1v) is 5.12. The van der Waals surface area contributed by atoms with Crippen LogP contribution in [0.5, 0.6) is 0 Å². The van der Waals surface area contributed by atoms with Gasteiger partial charge in [0.25, 0.3) is 0 Å². The fraction of sp³-hybridized carbons (Fsp3) is 0.455. The van der Waals surface area contributed by atoms with Crippen LogP contribution >= 0.6 is 0 Å². The van der Waals surface area contributed by atoms with E-state index in [2.05, 4.69) is 14.5 Å². The van der Waals surface area contributed by atoms with E-state index in [-0.39, 0.29) is 23.0 Å². The average molecular weight is 240 g/mol. The number of anilines is 1. The molecule has 0 aliphatic rings. The van der Waals surface area contributed by atoms with E-state index in [9.17, 15) is 9.59 Å². The molecule has 6 heteroatoms. The molecule has 0 unspecified atom stereocenters. The van der Waals surface area contributed by atoms with Crippen molar-refractivity contribution >= 4 is 17.8 Å². The van der Waals surface area contributed by atoms with Crippen molar-refractivity contribution in [2.75, 3.05) is 20.0 Å². The molecule has 0 aliphatic carbocycles. The van der Waals surface area contributed by atoms with Crippen LogP contribution in [0.1, 0.15) is 46.2 Å². The largest absolute Gasteiger partial charge is 0.465 e. The zero-order chi connectivity index (χ0) is 13.2. The number of nitrogen functional groups attached to an aromatic ring is 1. The molecule has 0 fully saturated rings. The Balaban J connectivity index is 3.45. The van der Waals surface area contributed by atoms with Crippen molar-refractivity contribution < 1.29 is 19.1 Å². The molecule has 0 bridgehead atoms. The maximum absolute atomic E-state index is 11.6. The minimum Gasteiger partial charge on any atom is -0.465 e. The van der Waals surface area contributed by atoms with E-state index in [1.807, 2.05) is 13.8 Å². The van der Waals surface area contributed by atoms with Gasteiger partial charge in [0.2, 0.25) is 0 Å². The van der Waals surface area contributed by atoms with Crippen molar-refractivity contribution in [3.05, 3.63) is 16.8 Å². The summed E-state index contributed by atoms with van der Waals surface area (Å²) in [6, 6.07) is 0. The number of nitrogens with two attached hydrogens (primary N) is 1. The zero-order valence-electron chi connectivity index (χ0n) is 10.3. The van der Waals surface area contributed by atoms with Crippen molar-refractivity contribution in [3.63, 3.8) is 0 Å². The van der Waals surface area contributed by atoms with Gasteiger partial charge in [0.15, 0.2) is 0 Å². The first-order chi connectivity index (χ1) is 7.93. The molecule has 6 nitrogen and oxygen atoms in total. The molecule has 1 rings (SSSR count). The molecule has 3 N–H and O–H groups in total. The molecular weight excluding hydrogens is 224 g/mol. The molecular formula is C11H16N2O4. The van der Waals surface area contributed by atoms with Crippen molar-refractivity contribution in [2.24, 2.45) is 0 Å². The second-order valence-corrected chi connectivity index (χ2v) is 3.84. The summed E-state index contributed by atoms with van der Waals surface area (Å²) in [6.45, 7) is 3.70. The lowest BCUT2D eigenvalue weighted by atomic mass is 9.98. The predicted molar refractivity (Wildman–Crippen MR) is 62.0 cm³/mol. The molecule has 0 spiro atoms. The number of aromatic nitrogens is 1. The molecule has 0 aromatic carbocycles. The summed E-state index contributed by atoms with van der Waals surface area (Å²) < 4.78 is 9.27. The van der Waals surface area contributed by atoms with Crippen LogP contribution in [-0.2, 0) is 9.47 Å². The fourth-order valence-electron chi connectivity index (χ4n) is 1.70. The molecule has 1 aromatic heterocycles. The molecule has 0 atom stereocenters. The number of aromatic amines is 1. The van der Waals surface area contributed by atoms with E-state index in [0.717, 1.165) is 0 Å². The highest BCUT2D eigenvalue weighted by atomic mass is 16.5. The highest BCUT2D eigenvalue weighted by Crippen LogP contribution is 2.29. The van der Waals surface area contributed by atoms with E-state index in [1.54, 1.807) is 0 Å². The van der Waals surface area contributed by atoms with Crippen LogP contribution in [0.15, 0.2) is 0 Å². The molecule has 1 heterocycles. The normalized spacial score (nSPS) is 10.4. The second-order valence-electron chi connectivity index (χ2n) is 3.84. The standard InChI is InChI=1S/C11H16N2O4/c1-5(2)6-7(10(14)16-3)9(12)13-8(6)11(15)17-4/h5,13H,12H2,1-4H3. The van der Waals surface area contributed by atoms with E-state index in [0.29, 0.717) is 5.56 Å². The van der Waals surface area contributed by atoms with Crippen molar-refractivity contribution in [1.29, 1.82) is 0 Å². The average Bonchev–Trinajstić information content (AvgIpc) is 2.64. The van der Waals surface area contributed by atoms with E-state index >= 15 is 0 Å². The Morgan fingerprint density at radius 3 is 2.12 bits per heavy atom. The second kappa shape index (κ2) is 4.90. The molecule has 94 valence electrons. The SMILES string of the molecule is COC(=O)c1[nH]c(N)c(C(=O)OC)c1C(C)C. The van der Waals surface area contributed by atoms with Gasteiger partial charge in [-0.2, -0.15) is 0 Å². The van der Waals surface area contributed by atoms with E-state index < -0.39 is 11.9 Å². The van der Waals surface area contributed by atoms with E-state index in [1.165, 1.54) is 14.2 Å². The van der Waals surface area contributed by atoms with Crippen molar-refractivity contribution in [3.8, 4) is 0 Å². The topological polar surface area (TPSA) is 94.4 Å².